The number of hydrogen-bond donors (Lipinski definition) is 0. The molecule has 0 spiro atoms. The Labute approximate surface area is 132 Å². The van der Waals surface area contributed by atoms with E-state index in [1.807, 2.05) is 0 Å². The average Bonchev–Trinajstić information content (AvgIpc) is 3.12. The summed E-state index contributed by atoms with van der Waals surface area (Å²) in [5, 5.41) is 0. The van der Waals surface area contributed by atoms with Crippen molar-refractivity contribution in [1.29, 1.82) is 0 Å². The summed E-state index contributed by atoms with van der Waals surface area (Å²) in [5.74, 6) is 1.46. The fourth-order valence-electron chi connectivity index (χ4n) is 3.90. The molecule has 120 valence electrons. The lowest BCUT2D eigenvalue weighted by Crippen LogP contribution is -2.36. The van der Waals surface area contributed by atoms with Gasteiger partial charge in [-0.1, -0.05) is 6.07 Å². The van der Waals surface area contributed by atoms with Gasteiger partial charge in [0.1, 0.15) is 0 Å². The molecule has 0 unspecified atom stereocenters. The number of fused-ring (bicyclic) bond motifs is 1. The highest BCUT2D eigenvalue weighted by molar-refractivity contribution is 5.11. The summed E-state index contributed by atoms with van der Waals surface area (Å²) in [6, 6.07) is 6.29. The van der Waals surface area contributed by atoms with E-state index >= 15 is 0 Å². The van der Waals surface area contributed by atoms with E-state index in [4.69, 9.17) is 9.47 Å². The topological polar surface area (TPSA) is 34.6 Å². The highest BCUT2D eigenvalue weighted by Crippen LogP contribution is 2.42. The third-order valence-electron chi connectivity index (χ3n) is 5.36. The summed E-state index contributed by atoms with van der Waals surface area (Å²) in [7, 11) is 0. The molecule has 2 atom stereocenters. The van der Waals surface area contributed by atoms with Gasteiger partial charge in [-0.05, 0) is 37.8 Å². The number of pyridine rings is 1. The molecule has 0 amide bonds. The molecule has 4 nitrogen and oxygen atoms in total. The summed E-state index contributed by atoms with van der Waals surface area (Å²) >= 11 is 0. The van der Waals surface area contributed by atoms with Crippen molar-refractivity contribution in [1.82, 2.24) is 9.88 Å². The average molecular weight is 302 g/mol. The number of rotatable bonds is 6. The molecule has 0 aromatic carbocycles. The Kier molecular flexibility index (Phi) is 3.93. The zero-order valence-electron chi connectivity index (χ0n) is 13.5. The maximum absolute atomic E-state index is 6.04. The van der Waals surface area contributed by atoms with E-state index in [0.717, 1.165) is 57.7 Å². The van der Waals surface area contributed by atoms with Crippen LogP contribution < -0.4 is 0 Å². The van der Waals surface area contributed by atoms with Crippen LogP contribution in [0.4, 0.5) is 0 Å². The van der Waals surface area contributed by atoms with Crippen molar-refractivity contribution in [2.45, 2.75) is 26.3 Å². The summed E-state index contributed by atoms with van der Waals surface area (Å²) in [5.41, 5.74) is 2.50. The second-order valence-corrected chi connectivity index (χ2v) is 7.47. The van der Waals surface area contributed by atoms with Crippen molar-refractivity contribution < 1.29 is 9.47 Å². The molecule has 1 saturated carbocycles. The Morgan fingerprint density at radius 3 is 3.14 bits per heavy atom. The number of nitrogens with zero attached hydrogens (tertiary/aromatic N) is 2. The van der Waals surface area contributed by atoms with Gasteiger partial charge in [0.25, 0.3) is 0 Å². The zero-order valence-corrected chi connectivity index (χ0v) is 13.5. The van der Waals surface area contributed by atoms with E-state index < -0.39 is 0 Å². The van der Waals surface area contributed by atoms with Gasteiger partial charge in [-0.15, -0.1) is 0 Å². The Balaban J connectivity index is 1.37. The van der Waals surface area contributed by atoms with Gasteiger partial charge in [-0.3, -0.25) is 9.88 Å². The summed E-state index contributed by atoms with van der Waals surface area (Å²) < 4.78 is 11.8. The van der Waals surface area contributed by atoms with Crippen LogP contribution in [0.5, 0.6) is 0 Å². The lowest BCUT2D eigenvalue weighted by Gasteiger charge is -2.27. The molecule has 22 heavy (non-hydrogen) atoms. The zero-order chi connectivity index (χ0) is 15.0. The van der Waals surface area contributed by atoms with Crippen LogP contribution in [0.2, 0.25) is 0 Å². The first-order valence-corrected chi connectivity index (χ1v) is 8.54. The first-order chi connectivity index (χ1) is 10.7. The molecule has 2 aliphatic heterocycles. The van der Waals surface area contributed by atoms with Crippen molar-refractivity contribution in [3.8, 4) is 0 Å². The SMILES string of the molecule is Cc1cccc(CN2C[C@@H]3COC[C@]3(COCC3CC3)C2)n1. The molecular weight excluding hydrogens is 276 g/mol. The van der Waals surface area contributed by atoms with Crippen LogP contribution in [0.3, 0.4) is 0 Å². The van der Waals surface area contributed by atoms with E-state index in [2.05, 4.69) is 35.0 Å². The van der Waals surface area contributed by atoms with Crippen molar-refractivity contribution in [2.75, 3.05) is 39.5 Å². The second kappa shape index (κ2) is 5.91. The van der Waals surface area contributed by atoms with Crippen LogP contribution in [-0.2, 0) is 16.0 Å². The molecule has 1 aliphatic carbocycles. The third kappa shape index (κ3) is 3.05. The molecule has 4 rings (SSSR count). The van der Waals surface area contributed by atoms with Gasteiger partial charge in [-0.25, -0.2) is 0 Å². The van der Waals surface area contributed by atoms with Crippen molar-refractivity contribution in [2.24, 2.45) is 17.3 Å². The molecule has 4 heteroatoms. The fourth-order valence-corrected chi connectivity index (χ4v) is 3.90. The fraction of sp³-hybridized carbons (Fsp3) is 0.722. The number of aromatic nitrogens is 1. The van der Waals surface area contributed by atoms with Crippen LogP contribution >= 0.6 is 0 Å². The third-order valence-corrected chi connectivity index (χ3v) is 5.36. The van der Waals surface area contributed by atoms with E-state index in [0.29, 0.717) is 5.92 Å². The van der Waals surface area contributed by atoms with Crippen molar-refractivity contribution in [3.05, 3.63) is 29.6 Å². The normalized spacial score (nSPS) is 31.6. The van der Waals surface area contributed by atoms with Gasteiger partial charge in [0.15, 0.2) is 0 Å². The Hall–Kier alpha value is -0.970. The highest BCUT2D eigenvalue weighted by Gasteiger charge is 2.50. The minimum Gasteiger partial charge on any atom is -0.380 e. The summed E-state index contributed by atoms with van der Waals surface area (Å²) in [4.78, 5) is 7.18. The van der Waals surface area contributed by atoms with Crippen LogP contribution in [0.1, 0.15) is 24.2 Å². The highest BCUT2D eigenvalue weighted by atomic mass is 16.5. The predicted octanol–water partition coefficient (Wildman–Crippen LogP) is 2.27. The lowest BCUT2D eigenvalue weighted by molar-refractivity contribution is 0.0221. The first kappa shape index (κ1) is 14.6. The lowest BCUT2D eigenvalue weighted by atomic mass is 9.82. The molecule has 3 heterocycles. The van der Waals surface area contributed by atoms with Crippen LogP contribution in [0, 0.1) is 24.2 Å². The Morgan fingerprint density at radius 1 is 1.41 bits per heavy atom. The van der Waals surface area contributed by atoms with Crippen molar-refractivity contribution in [3.63, 3.8) is 0 Å². The maximum Gasteiger partial charge on any atom is 0.0561 e. The van der Waals surface area contributed by atoms with Gasteiger partial charge in [-0.2, -0.15) is 0 Å². The molecule has 3 fully saturated rings. The van der Waals surface area contributed by atoms with Gasteiger partial charge in [0.05, 0.1) is 25.5 Å². The molecule has 0 N–H and O–H groups in total. The first-order valence-electron chi connectivity index (χ1n) is 8.54. The quantitative estimate of drug-likeness (QED) is 0.807. The number of likely N-dealkylation sites (tertiary alicyclic amines) is 1. The van der Waals surface area contributed by atoms with Crippen LogP contribution in [-0.4, -0.2) is 49.4 Å². The minimum absolute atomic E-state index is 0.221. The molecule has 1 aromatic rings. The molecule has 0 bridgehead atoms. The largest absolute Gasteiger partial charge is 0.380 e. The van der Waals surface area contributed by atoms with Gasteiger partial charge >= 0.3 is 0 Å². The van der Waals surface area contributed by atoms with Crippen LogP contribution in [0.15, 0.2) is 18.2 Å². The molecule has 2 saturated heterocycles. The molecule has 1 aromatic heterocycles. The molecular formula is C18H26N2O2. The smallest absolute Gasteiger partial charge is 0.0561 e. The van der Waals surface area contributed by atoms with Gasteiger partial charge in [0, 0.05) is 43.3 Å². The number of aryl methyl sites for hydroxylation is 1. The Morgan fingerprint density at radius 2 is 2.32 bits per heavy atom. The minimum atomic E-state index is 0.221. The van der Waals surface area contributed by atoms with Crippen molar-refractivity contribution >= 4 is 0 Å². The van der Waals surface area contributed by atoms with E-state index in [9.17, 15) is 0 Å². The number of hydrogen-bond acceptors (Lipinski definition) is 4. The molecule has 0 radical (unpaired) electrons. The number of ether oxygens (including phenoxy) is 2. The van der Waals surface area contributed by atoms with E-state index in [1.54, 1.807) is 0 Å². The maximum atomic E-state index is 6.04. The van der Waals surface area contributed by atoms with Crippen LogP contribution in [0.25, 0.3) is 0 Å². The van der Waals surface area contributed by atoms with Gasteiger partial charge in [0.2, 0.25) is 0 Å². The van der Waals surface area contributed by atoms with E-state index in [1.165, 1.54) is 18.5 Å². The van der Waals surface area contributed by atoms with E-state index in [-0.39, 0.29) is 5.41 Å². The summed E-state index contributed by atoms with van der Waals surface area (Å²) in [6.07, 6.45) is 2.72. The standard InChI is InChI=1S/C18H26N2O2/c1-14-3-2-4-17(19-14)8-20-7-16-10-22-13-18(16,11-20)12-21-9-15-5-6-15/h2-4,15-16H,5-13H2,1H3/t16-,18-/m1/s1. The molecule has 3 aliphatic rings. The Bertz CT molecular complexity index is 532. The van der Waals surface area contributed by atoms with Gasteiger partial charge < -0.3 is 9.47 Å². The predicted molar refractivity (Wildman–Crippen MR) is 84.5 cm³/mol. The monoisotopic (exact) mass is 302 g/mol. The summed E-state index contributed by atoms with van der Waals surface area (Å²) in [6.45, 7) is 8.77. The second-order valence-electron chi connectivity index (χ2n) is 7.47.